The molecule has 1 atom stereocenters. The van der Waals surface area contributed by atoms with Gasteiger partial charge in [-0.05, 0) is 24.5 Å². The lowest BCUT2D eigenvalue weighted by Gasteiger charge is -2.18. The normalized spacial score (nSPS) is 17.5. The second kappa shape index (κ2) is 6.83. The van der Waals surface area contributed by atoms with E-state index in [-0.39, 0.29) is 12.0 Å². The zero-order chi connectivity index (χ0) is 15.4. The molecule has 0 spiro atoms. The van der Waals surface area contributed by atoms with Gasteiger partial charge in [0, 0.05) is 30.1 Å². The fraction of sp³-hybridized carbons (Fsp3) is 0.294. The molecule has 3 rings (SSSR count). The van der Waals surface area contributed by atoms with E-state index in [0.29, 0.717) is 12.4 Å². The third-order valence-electron chi connectivity index (χ3n) is 3.69. The average Bonchev–Trinajstić information content (AvgIpc) is 3.03. The summed E-state index contributed by atoms with van der Waals surface area (Å²) in [4.78, 5) is 19.7. The van der Waals surface area contributed by atoms with Crippen LogP contribution in [0.15, 0.2) is 53.6 Å². The van der Waals surface area contributed by atoms with E-state index in [1.165, 1.54) is 0 Å². The van der Waals surface area contributed by atoms with E-state index in [1.54, 1.807) is 18.0 Å². The minimum Gasteiger partial charge on any atom is -0.472 e. The van der Waals surface area contributed by atoms with Crippen molar-refractivity contribution in [1.82, 2.24) is 9.88 Å². The van der Waals surface area contributed by atoms with Gasteiger partial charge in [-0.15, -0.1) is 11.8 Å². The lowest BCUT2D eigenvalue weighted by atomic mass is 10.2. The van der Waals surface area contributed by atoms with E-state index in [2.05, 4.69) is 4.98 Å². The number of aromatic nitrogens is 1. The second-order valence-electron chi connectivity index (χ2n) is 5.15. The van der Waals surface area contributed by atoms with Crippen molar-refractivity contribution in [3.8, 4) is 5.88 Å². The number of ether oxygens (including phenoxy) is 1. The number of hydrogen-bond donors (Lipinski definition) is 0. The van der Waals surface area contributed by atoms with Gasteiger partial charge in [-0.1, -0.05) is 18.2 Å². The topological polar surface area (TPSA) is 42.4 Å². The number of carbonyl (C=O) groups excluding carboxylic acids is 1. The molecule has 1 aliphatic rings. The molecule has 1 unspecified atom stereocenters. The summed E-state index contributed by atoms with van der Waals surface area (Å²) in [6, 6.07) is 13.3. The zero-order valence-corrected chi connectivity index (χ0v) is 13.3. The predicted octanol–water partition coefficient (Wildman–Crippen LogP) is 3.10. The molecule has 0 bridgehead atoms. The van der Waals surface area contributed by atoms with Crippen molar-refractivity contribution in [2.24, 2.45) is 0 Å². The first-order chi connectivity index (χ1) is 10.8. The molecule has 1 saturated heterocycles. The van der Waals surface area contributed by atoms with Crippen LogP contribution in [0.1, 0.15) is 16.8 Å². The maximum Gasteiger partial charge on any atom is 0.255 e. The van der Waals surface area contributed by atoms with Crippen molar-refractivity contribution in [3.63, 3.8) is 0 Å². The average molecular weight is 314 g/mol. The van der Waals surface area contributed by atoms with Gasteiger partial charge in [0.1, 0.15) is 6.10 Å². The van der Waals surface area contributed by atoms with Gasteiger partial charge in [0.15, 0.2) is 0 Å². The number of amides is 1. The molecule has 114 valence electrons. The lowest BCUT2D eigenvalue weighted by Crippen LogP contribution is -2.31. The fourth-order valence-corrected chi connectivity index (χ4v) is 3.18. The highest BCUT2D eigenvalue weighted by Gasteiger charge is 2.29. The predicted molar refractivity (Wildman–Crippen MR) is 87.4 cm³/mol. The quantitative estimate of drug-likeness (QED) is 0.813. The Morgan fingerprint density at radius 1 is 1.27 bits per heavy atom. The van der Waals surface area contributed by atoms with Crippen LogP contribution < -0.4 is 4.74 Å². The first-order valence-corrected chi connectivity index (χ1v) is 8.50. The Kier molecular flexibility index (Phi) is 4.63. The van der Waals surface area contributed by atoms with Gasteiger partial charge in [-0.2, -0.15) is 0 Å². The van der Waals surface area contributed by atoms with Crippen LogP contribution in [-0.4, -0.2) is 41.2 Å². The van der Waals surface area contributed by atoms with Crippen molar-refractivity contribution in [2.75, 3.05) is 19.3 Å². The molecule has 2 heterocycles. The Morgan fingerprint density at radius 2 is 2.09 bits per heavy atom. The standard InChI is InChI=1S/C17H18N2O2S/c1-22-15-7-3-2-6-14(15)17(20)19-11-9-13(12-19)21-16-8-4-5-10-18-16/h2-8,10,13H,9,11-12H2,1H3. The number of likely N-dealkylation sites (tertiary alicyclic amines) is 1. The first kappa shape index (κ1) is 14.9. The summed E-state index contributed by atoms with van der Waals surface area (Å²) in [7, 11) is 0. The largest absolute Gasteiger partial charge is 0.472 e. The second-order valence-corrected chi connectivity index (χ2v) is 6.00. The molecule has 22 heavy (non-hydrogen) atoms. The van der Waals surface area contributed by atoms with Crippen LogP contribution in [-0.2, 0) is 0 Å². The van der Waals surface area contributed by atoms with Crippen LogP contribution in [0.25, 0.3) is 0 Å². The maximum absolute atomic E-state index is 12.7. The van der Waals surface area contributed by atoms with Gasteiger partial charge in [0.05, 0.1) is 12.1 Å². The molecular weight excluding hydrogens is 296 g/mol. The number of hydrogen-bond acceptors (Lipinski definition) is 4. The van der Waals surface area contributed by atoms with Crippen molar-refractivity contribution in [2.45, 2.75) is 17.4 Å². The van der Waals surface area contributed by atoms with Crippen LogP contribution in [0.5, 0.6) is 5.88 Å². The van der Waals surface area contributed by atoms with Gasteiger partial charge in [-0.25, -0.2) is 4.98 Å². The Bertz CT molecular complexity index is 648. The van der Waals surface area contributed by atoms with E-state index < -0.39 is 0 Å². The van der Waals surface area contributed by atoms with Crippen molar-refractivity contribution >= 4 is 17.7 Å². The SMILES string of the molecule is CSc1ccccc1C(=O)N1CCC(Oc2ccccn2)C1. The van der Waals surface area contributed by atoms with Crippen molar-refractivity contribution in [3.05, 3.63) is 54.2 Å². The lowest BCUT2D eigenvalue weighted by molar-refractivity contribution is 0.0768. The Balaban J connectivity index is 1.66. The molecule has 0 saturated carbocycles. The van der Waals surface area contributed by atoms with E-state index >= 15 is 0 Å². The number of thioether (sulfide) groups is 1. The third kappa shape index (κ3) is 3.25. The first-order valence-electron chi connectivity index (χ1n) is 7.28. The molecule has 0 aliphatic carbocycles. The Hall–Kier alpha value is -2.01. The molecular formula is C17H18N2O2S. The molecule has 5 heteroatoms. The third-order valence-corrected chi connectivity index (χ3v) is 4.49. The van der Waals surface area contributed by atoms with Crippen LogP contribution in [0.4, 0.5) is 0 Å². The molecule has 2 aromatic rings. The van der Waals surface area contributed by atoms with Gasteiger partial charge in [0.25, 0.3) is 5.91 Å². The number of rotatable bonds is 4. The molecule has 1 aromatic heterocycles. The van der Waals surface area contributed by atoms with Gasteiger partial charge >= 0.3 is 0 Å². The van der Waals surface area contributed by atoms with Crippen molar-refractivity contribution in [1.29, 1.82) is 0 Å². The van der Waals surface area contributed by atoms with Crippen LogP contribution in [0, 0.1) is 0 Å². The highest BCUT2D eigenvalue weighted by atomic mass is 32.2. The molecule has 1 fully saturated rings. The van der Waals surface area contributed by atoms with E-state index in [9.17, 15) is 4.79 Å². The number of benzene rings is 1. The van der Waals surface area contributed by atoms with E-state index in [0.717, 1.165) is 23.4 Å². The van der Waals surface area contributed by atoms with E-state index in [1.807, 2.05) is 53.6 Å². The number of pyridine rings is 1. The highest BCUT2D eigenvalue weighted by Crippen LogP contribution is 2.24. The summed E-state index contributed by atoms with van der Waals surface area (Å²) < 4.78 is 5.84. The summed E-state index contributed by atoms with van der Waals surface area (Å²) in [6.07, 6.45) is 4.55. The number of nitrogens with zero attached hydrogens (tertiary/aromatic N) is 2. The minimum atomic E-state index is 0.0142. The monoisotopic (exact) mass is 314 g/mol. The summed E-state index contributed by atoms with van der Waals surface area (Å²) in [5.74, 6) is 0.698. The van der Waals surface area contributed by atoms with Crippen molar-refractivity contribution < 1.29 is 9.53 Å². The molecule has 4 nitrogen and oxygen atoms in total. The highest BCUT2D eigenvalue weighted by molar-refractivity contribution is 7.98. The number of carbonyl (C=O) groups is 1. The maximum atomic E-state index is 12.7. The summed E-state index contributed by atoms with van der Waals surface area (Å²) >= 11 is 1.60. The summed E-state index contributed by atoms with van der Waals surface area (Å²) in [5, 5.41) is 0. The minimum absolute atomic E-state index is 0.0142. The summed E-state index contributed by atoms with van der Waals surface area (Å²) in [5.41, 5.74) is 0.772. The Labute approximate surface area is 134 Å². The summed E-state index contributed by atoms with van der Waals surface area (Å²) in [6.45, 7) is 1.33. The van der Waals surface area contributed by atoms with Crippen LogP contribution in [0.2, 0.25) is 0 Å². The van der Waals surface area contributed by atoms with Crippen LogP contribution in [0.3, 0.4) is 0 Å². The fourth-order valence-electron chi connectivity index (χ4n) is 2.59. The Morgan fingerprint density at radius 3 is 2.86 bits per heavy atom. The van der Waals surface area contributed by atoms with E-state index in [4.69, 9.17) is 4.74 Å². The smallest absolute Gasteiger partial charge is 0.255 e. The molecule has 1 aliphatic heterocycles. The van der Waals surface area contributed by atoms with Gasteiger partial charge < -0.3 is 9.64 Å². The van der Waals surface area contributed by atoms with Crippen LogP contribution >= 0.6 is 11.8 Å². The molecule has 1 aromatic carbocycles. The van der Waals surface area contributed by atoms with Gasteiger partial charge in [-0.3, -0.25) is 4.79 Å². The molecule has 0 radical (unpaired) electrons. The molecule has 1 amide bonds. The van der Waals surface area contributed by atoms with Gasteiger partial charge in [0.2, 0.25) is 5.88 Å². The molecule has 0 N–H and O–H groups in total. The zero-order valence-electron chi connectivity index (χ0n) is 12.4.